The van der Waals surface area contributed by atoms with E-state index in [9.17, 15) is 4.79 Å². The van der Waals surface area contributed by atoms with Crippen LogP contribution >= 0.6 is 0 Å². The molecule has 0 aliphatic carbocycles. The third-order valence-electron chi connectivity index (χ3n) is 3.37. The van der Waals surface area contributed by atoms with E-state index < -0.39 is 6.29 Å². The molecule has 0 aromatic heterocycles. The summed E-state index contributed by atoms with van der Waals surface area (Å²) in [4.78, 5) is 11.8. The van der Waals surface area contributed by atoms with Crippen LogP contribution in [0.4, 0.5) is 16.2 Å². The highest BCUT2D eigenvalue weighted by atomic mass is 16.5. The maximum Gasteiger partial charge on any atom is 0.320 e. The molecular weight excluding hydrogens is 294 g/mol. The maximum atomic E-state index is 11.8. The number of rotatable bonds is 5. The minimum atomic E-state index is -0.404. The van der Waals surface area contributed by atoms with Crippen LogP contribution in [0.15, 0.2) is 54.6 Å². The summed E-state index contributed by atoms with van der Waals surface area (Å²) in [5.74, 6) is 0.779. The SMILES string of the molecule is COc1ccc(NC2NC(=O)NC(Nc3ccccc3)N2)cc1. The first-order valence-corrected chi connectivity index (χ1v) is 7.28. The van der Waals surface area contributed by atoms with Gasteiger partial charge in [-0.1, -0.05) is 18.2 Å². The lowest BCUT2D eigenvalue weighted by Gasteiger charge is -2.34. The molecule has 1 heterocycles. The van der Waals surface area contributed by atoms with Crippen molar-refractivity contribution in [2.24, 2.45) is 0 Å². The summed E-state index contributed by atoms with van der Waals surface area (Å²) >= 11 is 0. The van der Waals surface area contributed by atoms with Gasteiger partial charge in [0.1, 0.15) is 5.75 Å². The van der Waals surface area contributed by atoms with Crippen molar-refractivity contribution in [1.29, 1.82) is 0 Å². The Labute approximate surface area is 134 Å². The number of urea groups is 1. The molecule has 2 aromatic rings. The van der Waals surface area contributed by atoms with E-state index in [2.05, 4.69) is 26.6 Å². The summed E-state index contributed by atoms with van der Waals surface area (Å²) in [6.45, 7) is 0. The number of para-hydroxylation sites is 1. The average Bonchev–Trinajstić information content (AvgIpc) is 2.56. The first-order valence-electron chi connectivity index (χ1n) is 7.28. The van der Waals surface area contributed by atoms with E-state index in [4.69, 9.17) is 4.74 Å². The quantitative estimate of drug-likeness (QED) is 0.580. The fraction of sp³-hybridized carbons (Fsp3) is 0.188. The molecule has 1 aliphatic heterocycles. The summed E-state index contributed by atoms with van der Waals surface area (Å²) in [7, 11) is 1.62. The highest BCUT2D eigenvalue weighted by Crippen LogP contribution is 2.15. The Morgan fingerprint density at radius 3 is 2.00 bits per heavy atom. The van der Waals surface area contributed by atoms with Gasteiger partial charge < -0.3 is 26.0 Å². The molecule has 1 aliphatic rings. The molecule has 7 nitrogen and oxygen atoms in total. The Bertz CT molecular complexity index is 647. The predicted molar refractivity (Wildman–Crippen MR) is 89.1 cm³/mol. The molecular formula is C16H19N5O2. The lowest BCUT2D eigenvalue weighted by atomic mass is 10.3. The van der Waals surface area contributed by atoms with Crippen molar-refractivity contribution in [1.82, 2.24) is 16.0 Å². The summed E-state index contributed by atoms with van der Waals surface area (Å²) in [5, 5.41) is 15.1. The van der Waals surface area contributed by atoms with E-state index in [1.54, 1.807) is 7.11 Å². The summed E-state index contributed by atoms with van der Waals surface area (Å²) in [6, 6.07) is 16.9. The zero-order chi connectivity index (χ0) is 16.1. The third-order valence-corrected chi connectivity index (χ3v) is 3.37. The molecule has 2 amide bonds. The molecule has 120 valence electrons. The van der Waals surface area contributed by atoms with Crippen molar-refractivity contribution in [3.05, 3.63) is 54.6 Å². The number of nitrogens with one attached hydrogen (secondary N) is 5. The van der Waals surface area contributed by atoms with Crippen LogP contribution in [0.3, 0.4) is 0 Å². The molecule has 2 unspecified atom stereocenters. The molecule has 2 aromatic carbocycles. The number of carbonyl (C=O) groups excluding carboxylic acids is 1. The van der Waals surface area contributed by atoms with Gasteiger partial charge in [0, 0.05) is 11.4 Å². The van der Waals surface area contributed by atoms with E-state index in [-0.39, 0.29) is 12.3 Å². The lowest BCUT2D eigenvalue weighted by molar-refractivity contribution is 0.216. The second-order valence-corrected chi connectivity index (χ2v) is 5.03. The number of benzene rings is 2. The lowest BCUT2D eigenvalue weighted by Crippen LogP contribution is -2.69. The number of hydrogen-bond donors (Lipinski definition) is 5. The minimum absolute atomic E-state index is 0.261. The highest BCUT2D eigenvalue weighted by Gasteiger charge is 2.24. The van der Waals surface area contributed by atoms with E-state index in [0.717, 1.165) is 17.1 Å². The number of methoxy groups -OCH3 is 1. The van der Waals surface area contributed by atoms with Crippen LogP contribution in [0.25, 0.3) is 0 Å². The van der Waals surface area contributed by atoms with Crippen LogP contribution in [-0.2, 0) is 0 Å². The van der Waals surface area contributed by atoms with Crippen molar-refractivity contribution in [3.63, 3.8) is 0 Å². The van der Waals surface area contributed by atoms with Gasteiger partial charge in [0.2, 0.25) is 0 Å². The van der Waals surface area contributed by atoms with Crippen molar-refractivity contribution >= 4 is 17.4 Å². The standard InChI is InChI=1S/C16H19N5O2/c1-23-13-9-7-12(8-10-13)18-15-19-14(20-16(22)21-15)17-11-5-3-2-4-6-11/h2-10,14-15,17-19H,1H3,(H2,20,21,22). The molecule has 0 radical (unpaired) electrons. The van der Waals surface area contributed by atoms with Crippen LogP contribution in [0.1, 0.15) is 0 Å². The summed E-state index contributed by atoms with van der Waals surface area (Å²) < 4.78 is 5.13. The molecule has 3 rings (SSSR count). The number of amides is 2. The van der Waals surface area contributed by atoms with E-state index in [1.807, 2.05) is 54.6 Å². The van der Waals surface area contributed by atoms with E-state index in [1.165, 1.54) is 0 Å². The molecule has 0 bridgehead atoms. The Balaban J connectivity index is 1.62. The molecule has 1 fully saturated rings. The smallest absolute Gasteiger partial charge is 0.320 e. The number of hydrogen-bond acceptors (Lipinski definition) is 5. The van der Waals surface area contributed by atoms with Crippen LogP contribution in [0, 0.1) is 0 Å². The Hall–Kier alpha value is -2.93. The third kappa shape index (κ3) is 4.04. The van der Waals surface area contributed by atoms with Crippen molar-refractivity contribution in [3.8, 4) is 5.75 Å². The molecule has 0 saturated carbocycles. The number of carbonyl (C=O) groups is 1. The van der Waals surface area contributed by atoms with Gasteiger partial charge in [-0.3, -0.25) is 0 Å². The van der Waals surface area contributed by atoms with Crippen LogP contribution in [0.2, 0.25) is 0 Å². The summed E-state index contributed by atoms with van der Waals surface area (Å²) in [6.07, 6.45) is -0.791. The monoisotopic (exact) mass is 313 g/mol. The Morgan fingerprint density at radius 2 is 1.43 bits per heavy atom. The summed E-state index contributed by atoms with van der Waals surface area (Å²) in [5.41, 5.74) is 1.78. The average molecular weight is 313 g/mol. The first kappa shape index (κ1) is 15.0. The van der Waals surface area contributed by atoms with Crippen molar-refractivity contribution in [2.45, 2.75) is 12.6 Å². The van der Waals surface area contributed by atoms with Crippen molar-refractivity contribution in [2.75, 3.05) is 17.7 Å². The molecule has 7 heteroatoms. The van der Waals surface area contributed by atoms with Gasteiger partial charge in [-0.25, -0.2) is 10.1 Å². The highest BCUT2D eigenvalue weighted by molar-refractivity contribution is 5.76. The fourth-order valence-electron chi connectivity index (χ4n) is 2.26. The normalized spacial score (nSPS) is 20.1. The predicted octanol–water partition coefficient (Wildman–Crippen LogP) is 1.69. The first-order chi connectivity index (χ1) is 11.2. The Kier molecular flexibility index (Phi) is 4.49. The topological polar surface area (TPSA) is 86.5 Å². The second kappa shape index (κ2) is 6.89. The van der Waals surface area contributed by atoms with Crippen LogP contribution in [0.5, 0.6) is 5.75 Å². The van der Waals surface area contributed by atoms with Gasteiger partial charge in [-0.05, 0) is 36.4 Å². The molecule has 2 atom stereocenters. The maximum absolute atomic E-state index is 11.8. The van der Waals surface area contributed by atoms with E-state index >= 15 is 0 Å². The van der Waals surface area contributed by atoms with Crippen molar-refractivity contribution < 1.29 is 9.53 Å². The minimum Gasteiger partial charge on any atom is -0.497 e. The molecule has 5 N–H and O–H groups in total. The molecule has 0 spiro atoms. The molecule has 1 saturated heterocycles. The molecule has 23 heavy (non-hydrogen) atoms. The van der Waals surface area contributed by atoms with Gasteiger partial charge in [-0.15, -0.1) is 0 Å². The van der Waals surface area contributed by atoms with Gasteiger partial charge in [0.15, 0.2) is 12.6 Å². The van der Waals surface area contributed by atoms with Gasteiger partial charge in [0.05, 0.1) is 7.11 Å². The van der Waals surface area contributed by atoms with Gasteiger partial charge >= 0.3 is 6.03 Å². The number of anilines is 2. The van der Waals surface area contributed by atoms with Gasteiger partial charge in [0.25, 0.3) is 0 Å². The van der Waals surface area contributed by atoms with Gasteiger partial charge in [-0.2, -0.15) is 0 Å². The van der Waals surface area contributed by atoms with E-state index in [0.29, 0.717) is 0 Å². The zero-order valence-corrected chi connectivity index (χ0v) is 12.7. The van der Waals surface area contributed by atoms with Crippen LogP contribution in [-0.4, -0.2) is 25.7 Å². The Morgan fingerprint density at radius 1 is 0.870 bits per heavy atom. The van der Waals surface area contributed by atoms with Crippen LogP contribution < -0.4 is 31.3 Å². The second-order valence-electron chi connectivity index (χ2n) is 5.03. The number of ether oxygens (including phenoxy) is 1. The largest absolute Gasteiger partial charge is 0.497 e. The zero-order valence-electron chi connectivity index (χ0n) is 12.7. The fourth-order valence-corrected chi connectivity index (χ4v) is 2.26.